The number of hydrogen-bond donors (Lipinski definition) is 1. The molecule has 0 saturated heterocycles. The molecule has 1 spiro atoms. The highest BCUT2D eigenvalue weighted by Gasteiger charge is 2.48. The third-order valence-corrected chi connectivity index (χ3v) is 8.35. The highest BCUT2D eigenvalue weighted by atomic mass is 16.5. The van der Waals surface area contributed by atoms with E-state index in [-0.39, 0.29) is 24.6 Å². The van der Waals surface area contributed by atoms with Crippen molar-refractivity contribution in [1.82, 2.24) is 24.2 Å². The number of ether oxygens (including phenoxy) is 1. The van der Waals surface area contributed by atoms with Crippen molar-refractivity contribution in [1.29, 1.82) is 0 Å². The molecule has 1 amide bonds. The first-order valence-electron chi connectivity index (χ1n) is 14.2. The number of fused-ring (bicyclic) bond motifs is 4. The number of carbonyl (C=O) groups excluding carboxylic acids is 1. The highest BCUT2D eigenvalue weighted by Crippen LogP contribution is 2.52. The summed E-state index contributed by atoms with van der Waals surface area (Å²) in [6.07, 6.45) is 6.55. The number of likely N-dealkylation sites (N-methyl/N-ethyl adjacent to an activating group) is 1. The summed E-state index contributed by atoms with van der Waals surface area (Å²) >= 11 is 0. The Labute approximate surface area is 237 Å². The van der Waals surface area contributed by atoms with Crippen LogP contribution in [-0.2, 0) is 23.3 Å². The Morgan fingerprint density at radius 1 is 1.17 bits per heavy atom. The van der Waals surface area contributed by atoms with Crippen molar-refractivity contribution >= 4 is 34.3 Å². The lowest BCUT2D eigenvalue weighted by Crippen LogP contribution is -2.39. The first kappa shape index (κ1) is 25.5. The fourth-order valence-electron chi connectivity index (χ4n) is 6.40. The third-order valence-electron chi connectivity index (χ3n) is 8.35. The van der Waals surface area contributed by atoms with Crippen LogP contribution in [0.4, 0.5) is 17.3 Å². The van der Waals surface area contributed by atoms with Gasteiger partial charge in [0.25, 0.3) is 11.5 Å². The highest BCUT2D eigenvalue weighted by molar-refractivity contribution is 5.98. The average molecular weight is 552 g/mol. The zero-order valence-electron chi connectivity index (χ0n) is 23.4. The van der Waals surface area contributed by atoms with E-state index in [0.717, 1.165) is 25.2 Å². The molecular formula is C31H33N7O3. The van der Waals surface area contributed by atoms with Gasteiger partial charge < -0.3 is 19.9 Å². The SMILES string of the molecule is C=CCn1c(=O)c2cnc(Nc3ccc4c(c3)CN(C)CC43CC3)nc2n1-c1ccc2c(c1)N(CCC)C(=O)CO2. The second kappa shape index (κ2) is 9.59. The van der Waals surface area contributed by atoms with Crippen molar-refractivity contribution in [3.63, 3.8) is 0 Å². The number of allylic oxidation sites excluding steroid dienone is 1. The summed E-state index contributed by atoms with van der Waals surface area (Å²) in [5.74, 6) is 0.949. The topological polar surface area (TPSA) is 97.5 Å². The van der Waals surface area contributed by atoms with Crippen LogP contribution in [0.3, 0.4) is 0 Å². The van der Waals surface area contributed by atoms with E-state index < -0.39 is 0 Å². The summed E-state index contributed by atoms with van der Waals surface area (Å²) in [5, 5.41) is 3.77. The summed E-state index contributed by atoms with van der Waals surface area (Å²) < 4.78 is 9.05. The second-order valence-corrected chi connectivity index (χ2v) is 11.4. The van der Waals surface area contributed by atoms with E-state index in [1.165, 1.54) is 24.0 Å². The van der Waals surface area contributed by atoms with Gasteiger partial charge >= 0.3 is 0 Å². The van der Waals surface area contributed by atoms with Crippen molar-refractivity contribution in [2.45, 2.75) is 44.7 Å². The van der Waals surface area contributed by atoms with Gasteiger partial charge in [0.05, 0.1) is 17.9 Å². The number of rotatable bonds is 7. The van der Waals surface area contributed by atoms with Crippen LogP contribution in [0, 0.1) is 0 Å². The van der Waals surface area contributed by atoms with Crippen LogP contribution in [-0.4, -0.2) is 56.9 Å². The molecule has 2 aliphatic heterocycles. The molecule has 0 atom stereocenters. The van der Waals surface area contributed by atoms with Gasteiger partial charge in [-0.05, 0) is 67.8 Å². The fourth-order valence-corrected chi connectivity index (χ4v) is 6.40. The van der Waals surface area contributed by atoms with Gasteiger partial charge in [-0.1, -0.05) is 19.1 Å². The number of anilines is 3. The molecule has 4 aromatic rings. The number of aromatic nitrogens is 4. The molecule has 10 heteroatoms. The fraction of sp³-hybridized carbons (Fsp3) is 0.355. The van der Waals surface area contributed by atoms with Gasteiger partial charge in [-0.3, -0.25) is 9.59 Å². The summed E-state index contributed by atoms with van der Waals surface area (Å²) in [5.41, 5.74) is 5.64. The maximum Gasteiger partial charge on any atom is 0.278 e. The Bertz CT molecular complexity index is 1770. The largest absolute Gasteiger partial charge is 0.482 e. The minimum absolute atomic E-state index is 0.0161. The van der Waals surface area contributed by atoms with Crippen LogP contribution in [0.2, 0.25) is 0 Å². The van der Waals surface area contributed by atoms with Crippen LogP contribution in [0.25, 0.3) is 16.7 Å². The lowest BCUT2D eigenvalue weighted by molar-refractivity contribution is -0.121. The normalized spacial score (nSPS) is 17.3. The molecule has 210 valence electrons. The Morgan fingerprint density at radius 3 is 2.80 bits per heavy atom. The van der Waals surface area contributed by atoms with Crippen molar-refractivity contribution in [3.05, 3.63) is 76.7 Å². The molecule has 3 aliphatic rings. The van der Waals surface area contributed by atoms with Gasteiger partial charge in [-0.2, -0.15) is 4.98 Å². The molecule has 10 nitrogen and oxygen atoms in total. The smallest absolute Gasteiger partial charge is 0.278 e. The maximum atomic E-state index is 13.4. The molecule has 0 radical (unpaired) electrons. The molecule has 0 unspecified atom stereocenters. The molecule has 1 N–H and O–H groups in total. The van der Waals surface area contributed by atoms with E-state index in [9.17, 15) is 9.59 Å². The van der Waals surface area contributed by atoms with E-state index >= 15 is 0 Å². The summed E-state index contributed by atoms with van der Waals surface area (Å²) in [4.78, 5) is 39.5. The predicted molar refractivity (Wildman–Crippen MR) is 158 cm³/mol. The zero-order valence-corrected chi connectivity index (χ0v) is 23.4. The van der Waals surface area contributed by atoms with Crippen LogP contribution in [0.1, 0.15) is 37.3 Å². The van der Waals surface area contributed by atoms with Crippen molar-refractivity contribution in [2.24, 2.45) is 0 Å². The molecule has 4 heterocycles. The van der Waals surface area contributed by atoms with E-state index in [4.69, 9.17) is 9.72 Å². The molecule has 7 rings (SSSR count). The van der Waals surface area contributed by atoms with Crippen LogP contribution >= 0.6 is 0 Å². The number of carbonyl (C=O) groups is 1. The Hall–Kier alpha value is -4.44. The average Bonchev–Trinajstić information content (AvgIpc) is 3.67. The molecular weight excluding hydrogens is 518 g/mol. The van der Waals surface area contributed by atoms with Crippen molar-refractivity contribution < 1.29 is 9.53 Å². The van der Waals surface area contributed by atoms with E-state index in [2.05, 4.69) is 47.0 Å². The van der Waals surface area contributed by atoms with E-state index in [0.29, 0.717) is 46.1 Å². The first-order chi connectivity index (χ1) is 19.9. The quantitative estimate of drug-likeness (QED) is 0.345. The maximum absolute atomic E-state index is 13.4. The minimum Gasteiger partial charge on any atom is -0.482 e. The van der Waals surface area contributed by atoms with Gasteiger partial charge in [0, 0.05) is 36.9 Å². The van der Waals surface area contributed by atoms with Crippen LogP contribution < -0.4 is 20.5 Å². The number of nitrogens with one attached hydrogen (secondary N) is 1. The van der Waals surface area contributed by atoms with Crippen molar-refractivity contribution in [3.8, 4) is 11.4 Å². The monoisotopic (exact) mass is 551 g/mol. The standard InChI is InChI=1S/C31H33N7O3/c1-4-12-36-25-15-22(7-9-26(25)41-18-27(36)39)38-28-23(29(40)37(38)13-5-2)16-32-30(34-28)33-21-6-8-24-20(14-21)17-35(3)19-31(24)10-11-31/h5-9,14-16H,2,4,10-13,17-19H2,1,3H3,(H,32,33,34). The Kier molecular flexibility index (Phi) is 5.97. The van der Waals surface area contributed by atoms with Gasteiger partial charge in [0.1, 0.15) is 11.1 Å². The minimum atomic E-state index is -0.214. The lowest BCUT2D eigenvalue weighted by atomic mass is 9.87. The Balaban J connectivity index is 1.30. The predicted octanol–water partition coefficient (Wildman–Crippen LogP) is 4.12. The van der Waals surface area contributed by atoms with Gasteiger partial charge in [-0.25, -0.2) is 14.3 Å². The molecule has 1 aliphatic carbocycles. The van der Waals surface area contributed by atoms with Gasteiger partial charge in [0.15, 0.2) is 12.3 Å². The molecule has 1 fully saturated rings. The number of nitrogens with zero attached hydrogens (tertiary/aromatic N) is 6. The summed E-state index contributed by atoms with van der Waals surface area (Å²) in [6.45, 7) is 8.79. The van der Waals surface area contributed by atoms with Crippen molar-refractivity contribution in [2.75, 3.05) is 37.0 Å². The van der Waals surface area contributed by atoms with Crippen LogP contribution in [0.5, 0.6) is 5.75 Å². The Morgan fingerprint density at radius 2 is 2.02 bits per heavy atom. The molecule has 2 aromatic carbocycles. The lowest BCUT2D eigenvalue weighted by Gasteiger charge is -2.32. The molecule has 0 bridgehead atoms. The first-order valence-corrected chi connectivity index (χ1v) is 14.2. The third kappa shape index (κ3) is 4.21. The van der Waals surface area contributed by atoms with Crippen LogP contribution in [0.15, 0.2) is 60.0 Å². The van der Waals surface area contributed by atoms with Gasteiger partial charge in [0.2, 0.25) is 5.95 Å². The summed E-state index contributed by atoms with van der Waals surface area (Å²) in [7, 11) is 2.18. The molecule has 1 saturated carbocycles. The van der Waals surface area contributed by atoms with E-state index in [1.807, 2.05) is 25.1 Å². The number of benzene rings is 2. The number of hydrogen-bond acceptors (Lipinski definition) is 7. The van der Waals surface area contributed by atoms with E-state index in [1.54, 1.807) is 26.5 Å². The summed E-state index contributed by atoms with van der Waals surface area (Å²) in [6, 6.07) is 12.1. The van der Waals surface area contributed by atoms with Gasteiger partial charge in [-0.15, -0.1) is 6.58 Å². The second-order valence-electron chi connectivity index (χ2n) is 11.4. The molecule has 2 aromatic heterocycles. The number of amides is 1. The molecule has 41 heavy (non-hydrogen) atoms. The zero-order chi connectivity index (χ0) is 28.3.